The summed E-state index contributed by atoms with van der Waals surface area (Å²) in [6.45, 7) is 10.9. The van der Waals surface area contributed by atoms with Crippen LogP contribution in [0.2, 0.25) is 0 Å². The first-order valence-corrected chi connectivity index (χ1v) is 4.76. The zero-order valence-corrected chi connectivity index (χ0v) is 9.55. The molecule has 1 aromatic heterocycles. The van der Waals surface area contributed by atoms with Crippen LogP contribution in [0.4, 0.5) is 0 Å². The standard InChI is InChI=1S/C11H16N2O2/c1-6-9(14)12-11(4,5)10-7(2)13-15-8(10)3/h6H,1H2,2-5H3,(H,12,14). The van der Waals surface area contributed by atoms with Gasteiger partial charge >= 0.3 is 0 Å². The summed E-state index contributed by atoms with van der Waals surface area (Å²) >= 11 is 0. The summed E-state index contributed by atoms with van der Waals surface area (Å²) in [7, 11) is 0. The Labute approximate surface area is 89.3 Å². The second-order valence-electron chi connectivity index (χ2n) is 4.02. The van der Waals surface area contributed by atoms with E-state index in [0.717, 1.165) is 17.0 Å². The van der Waals surface area contributed by atoms with Crippen LogP contribution in [0.5, 0.6) is 0 Å². The Morgan fingerprint density at radius 1 is 1.53 bits per heavy atom. The van der Waals surface area contributed by atoms with Crippen molar-refractivity contribution in [1.82, 2.24) is 10.5 Å². The van der Waals surface area contributed by atoms with Gasteiger partial charge in [0.2, 0.25) is 5.91 Å². The number of hydrogen-bond acceptors (Lipinski definition) is 3. The van der Waals surface area contributed by atoms with Crippen molar-refractivity contribution in [3.63, 3.8) is 0 Å². The Morgan fingerprint density at radius 3 is 2.53 bits per heavy atom. The van der Waals surface area contributed by atoms with Gasteiger partial charge in [-0.05, 0) is 33.8 Å². The molecule has 1 N–H and O–H groups in total. The van der Waals surface area contributed by atoms with E-state index in [1.807, 2.05) is 27.7 Å². The lowest BCUT2D eigenvalue weighted by Gasteiger charge is -2.25. The molecule has 0 aliphatic rings. The van der Waals surface area contributed by atoms with Gasteiger partial charge in [0.15, 0.2) is 0 Å². The third-order valence-corrected chi connectivity index (χ3v) is 2.28. The fourth-order valence-corrected chi connectivity index (χ4v) is 1.80. The molecule has 0 atom stereocenters. The number of carbonyl (C=O) groups is 1. The molecule has 15 heavy (non-hydrogen) atoms. The summed E-state index contributed by atoms with van der Waals surface area (Å²) in [4.78, 5) is 11.3. The summed E-state index contributed by atoms with van der Waals surface area (Å²) in [6.07, 6.45) is 1.25. The van der Waals surface area contributed by atoms with Crippen LogP contribution in [-0.2, 0) is 10.3 Å². The van der Waals surface area contributed by atoms with Gasteiger partial charge in [0, 0.05) is 5.56 Å². The Hall–Kier alpha value is -1.58. The highest BCUT2D eigenvalue weighted by atomic mass is 16.5. The normalized spacial score (nSPS) is 11.2. The highest BCUT2D eigenvalue weighted by Gasteiger charge is 2.28. The van der Waals surface area contributed by atoms with E-state index >= 15 is 0 Å². The lowest BCUT2D eigenvalue weighted by atomic mass is 9.92. The number of aryl methyl sites for hydroxylation is 2. The second-order valence-corrected chi connectivity index (χ2v) is 4.02. The maximum atomic E-state index is 11.3. The largest absolute Gasteiger partial charge is 0.361 e. The van der Waals surface area contributed by atoms with Crippen LogP contribution in [0.15, 0.2) is 17.2 Å². The van der Waals surface area contributed by atoms with Crippen LogP contribution in [0.1, 0.15) is 30.9 Å². The minimum Gasteiger partial charge on any atom is -0.361 e. The van der Waals surface area contributed by atoms with E-state index in [9.17, 15) is 4.79 Å². The van der Waals surface area contributed by atoms with E-state index in [4.69, 9.17) is 4.52 Å². The Morgan fingerprint density at radius 2 is 2.13 bits per heavy atom. The first-order valence-electron chi connectivity index (χ1n) is 4.76. The third kappa shape index (κ3) is 2.26. The number of nitrogens with one attached hydrogen (secondary N) is 1. The van der Waals surface area contributed by atoms with Gasteiger partial charge in [-0.25, -0.2) is 0 Å². The van der Waals surface area contributed by atoms with Gasteiger partial charge in [0.25, 0.3) is 0 Å². The van der Waals surface area contributed by atoms with Gasteiger partial charge in [-0.2, -0.15) is 0 Å². The maximum Gasteiger partial charge on any atom is 0.244 e. The second kappa shape index (κ2) is 3.88. The fraction of sp³-hybridized carbons (Fsp3) is 0.455. The molecule has 0 fully saturated rings. The van der Waals surface area contributed by atoms with Crippen LogP contribution in [0.3, 0.4) is 0 Å². The number of aromatic nitrogens is 1. The molecular weight excluding hydrogens is 192 g/mol. The van der Waals surface area contributed by atoms with Gasteiger partial charge in [-0.1, -0.05) is 11.7 Å². The van der Waals surface area contributed by atoms with Crippen LogP contribution < -0.4 is 5.32 Å². The molecule has 1 aromatic rings. The Balaban J connectivity index is 3.05. The molecule has 0 saturated carbocycles. The zero-order chi connectivity index (χ0) is 11.6. The monoisotopic (exact) mass is 208 g/mol. The first kappa shape index (κ1) is 11.5. The lowest BCUT2D eigenvalue weighted by molar-refractivity contribution is -0.118. The van der Waals surface area contributed by atoms with Crippen LogP contribution >= 0.6 is 0 Å². The molecule has 0 unspecified atom stereocenters. The summed E-state index contributed by atoms with van der Waals surface area (Å²) in [5, 5.41) is 6.70. The zero-order valence-electron chi connectivity index (χ0n) is 9.55. The minimum atomic E-state index is -0.501. The number of nitrogens with zero attached hydrogens (tertiary/aromatic N) is 1. The Kier molecular flexibility index (Phi) is 2.98. The maximum absolute atomic E-state index is 11.3. The third-order valence-electron chi connectivity index (χ3n) is 2.28. The van der Waals surface area contributed by atoms with Crippen LogP contribution in [-0.4, -0.2) is 11.1 Å². The van der Waals surface area contributed by atoms with Gasteiger partial charge in [0.1, 0.15) is 5.76 Å². The molecule has 0 spiro atoms. The molecule has 1 amide bonds. The topological polar surface area (TPSA) is 55.1 Å². The average molecular weight is 208 g/mol. The average Bonchev–Trinajstić information content (AvgIpc) is 2.45. The molecule has 4 nitrogen and oxygen atoms in total. The molecular formula is C11H16N2O2. The predicted octanol–water partition coefficient (Wildman–Crippen LogP) is 1.83. The molecule has 0 radical (unpaired) electrons. The van der Waals surface area contributed by atoms with Crippen molar-refractivity contribution in [3.05, 3.63) is 29.7 Å². The van der Waals surface area contributed by atoms with Crippen LogP contribution in [0, 0.1) is 13.8 Å². The number of hydrogen-bond donors (Lipinski definition) is 1. The predicted molar refractivity (Wildman–Crippen MR) is 57.3 cm³/mol. The summed E-state index contributed by atoms with van der Waals surface area (Å²) in [6, 6.07) is 0. The van der Waals surface area contributed by atoms with Crippen molar-refractivity contribution in [1.29, 1.82) is 0 Å². The quantitative estimate of drug-likeness (QED) is 0.771. The van der Waals surface area contributed by atoms with Crippen molar-refractivity contribution in [2.45, 2.75) is 33.2 Å². The fourth-order valence-electron chi connectivity index (χ4n) is 1.80. The molecule has 1 rings (SSSR count). The molecule has 0 aliphatic heterocycles. The summed E-state index contributed by atoms with van der Waals surface area (Å²) in [5.74, 6) is 0.516. The van der Waals surface area contributed by atoms with Crippen molar-refractivity contribution in [2.75, 3.05) is 0 Å². The van der Waals surface area contributed by atoms with E-state index in [1.165, 1.54) is 6.08 Å². The highest BCUT2D eigenvalue weighted by molar-refractivity contribution is 5.87. The molecule has 0 aliphatic carbocycles. The summed E-state index contributed by atoms with van der Waals surface area (Å²) < 4.78 is 5.07. The first-order chi connectivity index (χ1) is 6.88. The van der Waals surface area contributed by atoms with E-state index in [0.29, 0.717) is 0 Å². The van der Waals surface area contributed by atoms with Gasteiger partial charge in [-0.3, -0.25) is 4.79 Å². The van der Waals surface area contributed by atoms with Gasteiger partial charge in [0.05, 0.1) is 11.2 Å². The van der Waals surface area contributed by atoms with Crippen molar-refractivity contribution >= 4 is 5.91 Å². The highest BCUT2D eigenvalue weighted by Crippen LogP contribution is 2.26. The van der Waals surface area contributed by atoms with E-state index in [2.05, 4.69) is 17.1 Å². The molecule has 0 saturated heterocycles. The lowest BCUT2D eigenvalue weighted by Crippen LogP contribution is -2.40. The molecule has 82 valence electrons. The SMILES string of the molecule is C=CC(=O)NC(C)(C)c1c(C)noc1C. The molecule has 0 bridgehead atoms. The van der Waals surface area contributed by atoms with Crippen LogP contribution in [0.25, 0.3) is 0 Å². The van der Waals surface area contributed by atoms with E-state index in [-0.39, 0.29) is 5.91 Å². The summed E-state index contributed by atoms with van der Waals surface area (Å²) in [5.41, 5.74) is 1.21. The van der Waals surface area contributed by atoms with E-state index in [1.54, 1.807) is 0 Å². The number of carbonyl (C=O) groups excluding carboxylic acids is 1. The number of rotatable bonds is 3. The van der Waals surface area contributed by atoms with Gasteiger partial charge in [-0.15, -0.1) is 0 Å². The molecule has 1 heterocycles. The van der Waals surface area contributed by atoms with Crippen molar-refractivity contribution in [3.8, 4) is 0 Å². The Bertz CT molecular complexity index is 372. The smallest absolute Gasteiger partial charge is 0.244 e. The number of amides is 1. The van der Waals surface area contributed by atoms with Gasteiger partial charge < -0.3 is 9.84 Å². The molecule has 0 aromatic carbocycles. The minimum absolute atomic E-state index is 0.208. The van der Waals surface area contributed by atoms with Crippen molar-refractivity contribution in [2.24, 2.45) is 0 Å². The molecule has 4 heteroatoms. The van der Waals surface area contributed by atoms with Crippen molar-refractivity contribution < 1.29 is 9.32 Å². The van der Waals surface area contributed by atoms with E-state index < -0.39 is 5.54 Å².